The Morgan fingerprint density at radius 1 is 1.40 bits per heavy atom. The van der Waals surface area contributed by atoms with Crippen LogP contribution in [0.15, 0.2) is 41.4 Å². The molecule has 0 aromatic heterocycles. The molecular weight excluding hydrogens is 252 g/mol. The summed E-state index contributed by atoms with van der Waals surface area (Å²) in [4.78, 5) is 0. The Labute approximate surface area is 101 Å². The fourth-order valence-electron chi connectivity index (χ4n) is 1.04. The fourth-order valence-corrected chi connectivity index (χ4v) is 1.42. The lowest BCUT2D eigenvalue weighted by Gasteiger charge is -2.13. The minimum absolute atomic E-state index is 0.177. The van der Waals surface area contributed by atoms with Crippen molar-refractivity contribution >= 4 is 15.9 Å². The average molecular weight is 271 g/mol. The second kappa shape index (κ2) is 8.54. The molecule has 0 N–H and O–H groups in total. The highest BCUT2D eigenvalue weighted by Gasteiger charge is 2.03. The van der Waals surface area contributed by atoms with Gasteiger partial charge in [-0.3, -0.25) is 0 Å². The van der Waals surface area contributed by atoms with Crippen LogP contribution in [0.4, 0.5) is 0 Å². The molecule has 0 radical (unpaired) electrons. The van der Waals surface area contributed by atoms with Gasteiger partial charge in [-0.1, -0.05) is 32.1 Å². The molecular formula is C13H19BrO. The summed E-state index contributed by atoms with van der Waals surface area (Å²) >= 11 is 3.43. The first-order valence-electron chi connectivity index (χ1n) is 5.26. The summed E-state index contributed by atoms with van der Waals surface area (Å²) in [6, 6.07) is 7.84. The number of halogens is 1. The van der Waals surface area contributed by atoms with E-state index < -0.39 is 0 Å². The normalized spacial score (nSPS) is 10.9. The van der Waals surface area contributed by atoms with E-state index in [1.165, 1.54) is 0 Å². The summed E-state index contributed by atoms with van der Waals surface area (Å²) < 4.78 is 6.66. The molecule has 0 aliphatic carbocycles. The van der Waals surface area contributed by atoms with Crippen LogP contribution in [0, 0.1) is 0 Å². The van der Waals surface area contributed by atoms with Gasteiger partial charge in [0.15, 0.2) is 0 Å². The molecule has 0 spiro atoms. The third-order valence-electron chi connectivity index (χ3n) is 1.66. The lowest BCUT2D eigenvalue weighted by Crippen LogP contribution is -2.10. The van der Waals surface area contributed by atoms with E-state index in [9.17, 15) is 0 Å². The summed E-state index contributed by atoms with van der Waals surface area (Å²) in [7, 11) is 0. The van der Waals surface area contributed by atoms with E-state index in [4.69, 9.17) is 4.74 Å². The predicted molar refractivity (Wildman–Crippen MR) is 70.4 cm³/mol. The summed E-state index contributed by atoms with van der Waals surface area (Å²) in [5, 5.41) is 0. The molecule has 0 saturated heterocycles. The molecule has 1 nitrogen and oxygen atoms in total. The van der Waals surface area contributed by atoms with E-state index in [-0.39, 0.29) is 6.10 Å². The van der Waals surface area contributed by atoms with Gasteiger partial charge in [0, 0.05) is 6.42 Å². The molecule has 0 aliphatic rings. The number of para-hydroxylation sites is 1. The van der Waals surface area contributed by atoms with Crippen LogP contribution >= 0.6 is 15.9 Å². The lowest BCUT2D eigenvalue weighted by molar-refractivity contribution is 0.224. The summed E-state index contributed by atoms with van der Waals surface area (Å²) in [5.41, 5.74) is 0. The second-order valence-electron chi connectivity index (χ2n) is 2.88. The second-order valence-corrected chi connectivity index (χ2v) is 3.74. The molecule has 0 bridgehead atoms. The molecule has 0 amide bonds. The standard InChI is InChI=1S/C11H13BrO.C2H6/c1-3-6-9(2)13-11-8-5-4-7-10(11)12;1-2/h3-5,7-9H,1,6H2,2H3;1-2H3. The fraction of sp³-hybridized carbons (Fsp3) is 0.385. The highest BCUT2D eigenvalue weighted by atomic mass is 79.9. The van der Waals surface area contributed by atoms with E-state index in [1.807, 2.05) is 51.1 Å². The van der Waals surface area contributed by atoms with Crippen molar-refractivity contribution in [1.29, 1.82) is 0 Å². The van der Waals surface area contributed by atoms with Crippen molar-refractivity contribution in [2.24, 2.45) is 0 Å². The average Bonchev–Trinajstić information content (AvgIpc) is 2.25. The maximum atomic E-state index is 5.67. The number of hydrogen-bond acceptors (Lipinski definition) is 1. The Kier molecular flexibility index (Phi) is 8.11. The quantitative estimate of drug-likeness (QED) is 0.713. The maximum Gasteiger partial charge on any atom is 0.133 e. The van der Waals surface area contributed by atoms with Gasteiger partial charge in [0.2, 0.25) is 0 Å². The Bertz CT molecular complexity index is 284. The molecule has 0 saturated carbocycles. The van der Waals surface area contributed by atoms with Crippen molar-refractivity contribution in [3.05, 3.63) is 41.4 Å². The Balaban J connectivity index is 0.000000921. The van der Waals surface area contributed by atoms with E-state index >= 15 is 0 Å². The molecule has 84 valence electrons. The SMILES string of the molecule is C=CCC(C)Oc1ccccc1Br.CC. The van der Waals surface area contributed by atoms with Gasteiger partial charge in [0.1, 0.15) is 5.75 Å². The minimum atomic E-state index is 0.177. The van der Waals surface area contributed by atoms with Crippen molar-refractivity contribution in [2.75, 3.05) is 0 Å². The molecule has 2 heteroatoms. The zero-order valence-corrected chi connectivity index (χ0v) is 11.3. The van der Waals surface area contributed by atoms with Crippen molar-refractivity contribution < 1.29 is 4.74 Å². The molecule has 1 atom stereocenters. The predicted octanol–water partition coefficient (Wildman–Crippen LogP) is 4.82. The van der Waals surface area contributed by atoms with Gasteiger partial charge in [-0.25, -0.2) is 0 Å². The third-order valence-corrected chi connectivity index (χ3v) is 2.32. The van der Waals surface area contributed by atoms with Crippen LogP contribution < -0.4 is 4.74 Å². The highest BCUT2D eigenvalue weighted by molar-refractivity contribution is 9.10. The van der Waals surface area contributed by atoms with Crippen molar-refractivity contribution in [3.8, 4) is 5.75 Å². The van der Waals surface area contributed by atoms with Crippen LogP contribution in [-0.2, 0) is 0 Å². The van der Waals surface area contributed by atoms with Crippen molar-refractivity contribution in [1.82, 2.24) is 0 Å². The first kappa shape index (κ1) is 14.2. The van der Waals surface area contributed by atoms with E-state index in [0.717, 1.165) is 16.6 Å². The monoisotopic (exact) mass is 270 g/mol. The van der Waals surface area contributed by atoms with E-state index in [2.05, 4.69) is 22.5 Å². The highest BCUT2D eigenvalue weighted by Crippen LogP contribution is 2.25. The van der Waals surface area contributed by atoms with Gasteiger partial charge in [0.05, 0.1) is 10.6 Å². The molecule has 0 fully saturated rings. The Morgan fingerprint density at radius 2 is 2.00 bits per heavy atom. The first-order valence-corrected chi connectivity index (χ1v) is 6.05. The summed E-state index contributed by atoms with van der Waals surface area (Å²) in [6.07, 6.45) is 2.90. The van der Waals surface area contributed by atoms with Crippen molar-refractivity contribution in [2.45, 2.75) is 33.3 Å². The van der Waals surface area contributed by atoms with Crippen molar-refractivity contribution in [3.63, 3.8) is 0 Å². The van der Waals surface area contributed by atoms with Crippen LogP contribution in [0.25, 0.3) is 0 Å². The van der Waals surface area contributed by atoms with Gasteiger partial charge in [0.25, 0.3) is 0 Å². The maximum absolute atomic E-state index is 5.67. The van der Waals surface area contributed by atoms with Gasteiger partial charge in [-0.05, 0) is 35.0 Å². The third kappa shape index (κ3) is 5.63. The van der Waals surface area contributed by atoms with Gasteiger partial charge in [-0.15, -0.1) is 6.58 Å². The smallest absolute Gasteiger partial charge is 0.133 e. The number of benzene rings is 1. The number of rotatable bonds is 4. The van der Waals surface area contributed by atoms with Crippen LogP contribution in [0.3, 0.4) is 0 Å². The van der Waals surface area contributed by atoms with Crippen LogP contribution in [0.5, 0.6) is 5.75 Å². The van der Waals surface area contributed by atoms with Crippen LogP contribution in [0.1, 0.15) is 27.2 Å². The zero-order chi connectivity index (χ0) is 11.7. The number of ether oxygens (including phenoxy) is 1. The van der Waals surface area contributed by atoms with Gasteiger partial charge >= 0.3 is 0 Å². The Hall–Kier alpha value is -0.760. The molecule has 0 aliphatic heterocycles. The van der Waals surface area contributed by atoms with Crippen LogP contribution in [-0.4, -0.2) is 6.10 Å². The molecule has 15 heavy (non-hydrogen) atoms. The van der Waals surface area contributed by atoms with E-state index in [0.29, 0.717) is 0 Å². The number of hydrogen-bond donors (Lipinski definition) is 0. The minimum Gasteiger partial charge on any atom is -0.489 e. The first-order chi connectivity index (χ1) is 7.24. The van der Waals surface area contributed by atoms with Crippen LogP contribution in [0.2, 0.25) is 0 Å². The summed E-state index contributed by atoms with van der Waals surface area (Å²) in [5.74, 6) is 0.886. The lowest BCUT2D eigenvalue weighted by atomic mass is 10.3. The van der Waals surface area contributed by atoms with Gasteiger partial charge in [-0.2, -0.15) is 0 Å². The molecule has 1 unspecified atom stereocenters. The molecule has 1 aromatic carbocycles. The summed E-state index contributed by atoms with van der Waals surface area (Å²) in [6.45, 7) is 9.70. The molecule has 1 rings (SSSR count). The Morgan fingerprint density at radius 3 is 2.53 bits per heavy atom. The van der Waals surface area contributed by atoms with Gasteiger partial charge < -0.3 is 4.74 Å². The molecule has 1 aromatic rings. The molecule has 0 heterocycles. The zero-order valence-electron chi connectivity index (χ0n) is 9.66. The topological polar surface area (TPSA) is 9.23 Å². The largest absolute Gasteiger partial charge is 0.489 e. The van der Waals surface area contributed by atoms with E-state index in [1.54, 1.807) is 0 Å².